The Bertz CT molecular complexity index is 243. The summed E-state index contributed by atoms with van der Waals surface area (Å²) in [6.45, 7) is 14.8. The van der Waals surface area contributed by atoms with E-state index in [4.69, 9.17) is 4.74 Å². The molecular weight excluding hydrogens is 206 g/mol. The van der Waals surface area contributed by atoms with Crippen molar-refractivity contribution in [1.82, 2.24) is 5.32 Å². The van der Waals surface area contributed by atoms with Crippen LogP contribution in [0, 0.1) is 0 Å². The van der Waals surface area contributed by atoms with Gasteiger partial charge >= 0.3 is 0 Å². The van der Waals surface area contributed by atoms with Crippen molar-refractivity contribution < 1.29 is 9.53 Å². The van der Waals surface area contributed by atoms with E-state index in [0.29, 0.717) is 12.2 Å². The SMILES string of the molecule is C=CC(=C)C(=O)NCOCC[Si](C)(C)C. The van der Waals surface area contributed by atoms with Gasteiger partial charge in [0.25, 0.3) is 5.91 Å². The van der Waals surface area contributed by atoms with Gasteiger partial charge in [0.2, 0.25) is 0 Å². The van der Waals surface area contributed by atoms with Gasteiger partial charge in [0.05, 0.1) is 0 Å². The highest BCUT2D eigenvalue weighted by Gasteiger charge is 2.12. The van der Waals surface area contributed by atoms with Crippen molar-refractivity contribution in [3.05, 3.63) is 24.8 Å². The maximum atomic E-state index is 11.2. The molecule has 0 fully saturated rings. The predicted molar refractivity (Wildman–Crippen MR) is 66.5 cm³/mol. The zero-order chi connectivity index (χ0) is 11.9. The Kier molecular flexibility index (Phi) is 6.20. The molecule has 0 saturated carbocycles. The molecule has 0 atom stereocenters. The van der Waals surface area contributed by atoms with E-state index in [-0.39, 0.29) is 12.6 Å². The first kappa shape index (κ1) is 14.1. The van der Waals surface area contributed by atoms with Crippen LogP contribution in [0.25, 0.3) is 0 Å². The normalized spacial score (nSPS) is 10.9. The summed E-state index contributed by atoms with van der Waals surface area (Å²) < 4.78 is 5.30. The highest BCUT2D eigenvalue weighted by molar-refractivity contribution is 6.76. The van der Waals surface area contributed by atoms with Crippen LogP contribution in [0.2, 0.25) is 25.7 Å². The van der Waals surface area contributed by atoms with Crippen LogP contribution >= 0.6 is 0 Å². The summed E-state index contributed by atoms with van der Waals surface area (Å²) in [4.78, 5) is 11.2. The average Bonchev–Trinajstić information content (AvgIpc) is 2.14. The van der Waals surface area contributed by atoms with Crippen LogP contribution in [0.15, 0.2) is 24.8 Å². The van der Waals surface area contributed by atoms with E-state index in [1.165, 1.54) is 6.08 Å². The molecule has 0 saturated heterocycles. The lowest BCUT2D eigenvalue weighted by atomic mass is 10.3. The molecule has 86 valence electrons. The van der Waals surface area contributed by atoms with Gasteiger partial charge in [0, 0.05) is 20.3 Å². The van der Waals surface area contributed by atoms with E-state index < -0.39 is 8.07 Å². The molecule has 1 N–H and O–H groups in total. The molecule has 0 aromatic heterocycles. The highest BCUT2D eigenvalue weighted by Crippen LogP contribution is 2.06. The molecule has 0 radical (unpaired) electrons. The number of rotatable bonds is 7. The number of hydrogen-bond donors (Lipinski definition) is 1. The Morgan fingerprint density at radius 1 is 1.47 bits per heavy atom. The molecule has 15 heavy (non-hydrogen) atoms. The zero-order valence-corrected chi connectivity index (χ0v) is 10.9. The molecule has 0 spiro atoms. The van der Waals surface area contributed by atoms with Crippen LogP contribution in [-0.2, 0) is 9.53 Å². The molecule has 0 rings (SSSR count). The van der Waals surface area contributed by atoms with Crippen molar-refractivity contribution in [3.8, 4) is 0 Å². The van der Waals surface area contributed by atoms with Crippen LogP contribution in [0.4, 0.5) is 0 Å². The lowest BCUT2D eigenvalue weighted by Gasteiger charge is -2.15. The second kappa shape index (κ2) is 6.58. The molecule has 0 heterocycles. The zero-order valence-electron chi connectivity index (χ0n) is 9.93. The standard InChI is InChI=1S/C11H21NO2Si/c1-6-10(2)11(13)12-9-14-7-8-15(3,4)5/h6H,1-2,7-9H2,3-5H3,(H,12,13). The highest BCUT2D eigenvalue weighted by atomic mass is 28.3. The molecule has 0 aliphatic rings. The number of nitrogens with one attached hydrogen (secondary N) is 1. The summed E-state index contributed by atoms with van der Waals surface area (Å²) in [6, 6.07) is 1.10. The minimum Gasteiger partial charge on any atom is -0.362 e. The van der Waals surface area contributed by atoms with Crippen LogP contribution in [0.1, 0.15) is 0 Å². The average molecular weight is 227 g/mol. The van der Waals surface area contributed by atoms with Gasteiger partial charge in [-0.2, -0.15) is 0 Å². The molecule has 4 heteroatoms. The third-order valence-corrected chi connectivity index (χ3v) is 3.57. The van der Waals surface area contributed by atoms with Gasteiger partial charge in [-0.3, -0.25) is 4.79 Å². The molecule has 0 unspecified atom stereocenters. The lowest BCUT2D eigenvalue weighted by Crippen LogP contribution is -2.28. The first-order valence-corrected chi connectivity index (χ1v) is 8.75. The van der Waals surface area contributed by atoms with Gasteiger partial charge in [0.15, 0.2) is 0 Å². The van der Waals surface area contributed by atoms with Crippen molar-refractivity contribution in [3.63, 3.8) is 0 Å². The fourth-order valence-corrected chi connectivity index (χ4v) is 1.53. The molecule has 0 aliphatic carbocycles. The van der Waals surface area contributed by atoms with Gasteiger partial charge in [-0.15, -0.1) is 0 Å². The van der Waals surface area contributed by atoms with Crippen LogP contribution < -0.4 is 5.32 Å². The Balaban J connectivity index is 3.51. The van der Waals surface area contributed by atoms with E-state index in [9.17, 15) is 4.79 Å². The summed E-state index contributed by atoms with van der Waals surface area (Å²) in [5, 5.41) is 2.60. The number of carbonyl (C=O) groups excluding carboxylic acids is 1. The minimum absolute atomic E-state index is 0.224. The van der Waals surface area contributed by atoms with Gasteiger partial charge < -0.3 is 10.1 Å². The third-order valence-electron chi connectivity index (χ3n) is 1.87. The van der Waals surface area contributed by atoms with Crippen LogP contribution in [0.5, 0.6) is 0 Å². The molecule has 0 aromatic carbocycles. The van der Waals surface area contributed by atoms with Crippen molar-refractivity contribution in [1.29, 1.82) is 0 Å². The fraction of sp³-hybridized carbons (Fsp3) is 0.545. The molecule has 1 amide bonds. The van der Waals surface area contributed by atoms with E-state index in [1.807, 2.05) is 0 Å². The van der Waals surface area contributed by atoms with E-state index in [1.54, 1.807) is 0 Å². The second-order valence-corrected chi connectivity index (χ2v) is 10.2. The number of ether oxygens (including phenoxy) is 1. The van der Waals surface area contributed by atoms with E-state index in [2.05, 4.69) is 38.1 Å². The lowest BCUT2D eigenvalue weighted by molar-refractivity contribution is -0.118. The maximum absolute atomic E-state index is 11.2. The molecule has 0 aromatic rings. The quantitative estimate of drug-likeness (QED) is 0.238. The van der Waals surface area contributed by atoms with Gasteiger partial charge in [0.1, 0.15) is 6.73 Å². The van der Waals surface area contributed by atoms with Crippen LogP contribution in [-0.4, -0.2) is 27.3 Å². The van der Waals surface area contributed by atoms with Gasteiger partial charge in [-0.25, -0.2) is 0 Å². The number of hydrogen-bond acceptors (Lipinski definition) is 2. The van der Waals surface area contributed by atoms with Crippen molar-refractivity contribution in [2.24, 2.45) is 0 Å². The predicted octanol–water partition coefficient (Wildman–Crippen LogP) is 2.16. The fourth-order valence-electron chi connectivity index (χ4n) is 0.773. The van der Waals surface area contributed by atoms with E-state index >= 15 is 0 Å². The summed E-state index contributed by atoms with van der Waals surface area (Å²) in [6.07, 6.45) is 1.43. The first-order valence-electron chi connectivity index (χ1n) is 5.04. The Morgan fingerprint density at radius 3 is 2.53 bits per heavy atom. The van der Waals surface area contributed by atoms with Crippen molar-refractivity contribution in [2.45, 2.75) is 25.7 Å². The van der Waals surface area contributed by atoms with Gasteiger partial charge in [-0.05, 0) is 6.04 Å². The second-order valence-electron chi connectivity index (χ2n) is 4.60. The first-order chi connectivity index (χ1) is 6.87. The smallest absolute Gasteiger partial charge is 0.252 e. The largest absolute Gasteiger partial charge is 0.362 e. The summed E-state index contributed by atoms with van der Waals surface area (Å²) >= 11 is 0. The Morgan fingerprint density at radius 2 is 2.07 bits per heavy atom. The Hall–Kier alpha value is -0.873. The molecular formula is C11H21NO2Si. The molecule has 0 aliphatic heterocycles. The van der Waals surface area contributed by atoms with Crippen molar-refractivity contribution in [2.75, 3.05) is 13.3 Å². The number of amides is 1. The van der Waals surface area contributed by atoms with Gasteiger partial charge in [-0.1, -0.05) is 38.9 Å². The topological polar surface area (TPSA) is 38.3 Å². The third kappa shape index (κ3) is 8.14. The molecule has 3 nitrogen and oxygen atoms in total. The van der Waals surface area contributed by atoms with Crippen molar-refractivity contribution >= 4 is 14.0 Å². The summed E-state index contributed by atoms with van der Waals surface area (Å²) in [7, 11) is -1.03. The summed E-state index contributed by atoms with van der Waals surface area (Å²) in [5.74, 6) is -0.224. The number of carbonyl (C=O) groups is 1. The summed E-state index contributed by atoms with van der Waals surface area (Å²) in [5.41, 5.74) is 0.365. The van der Waals surface area contributed by atoms with E-state index in [0.717, 1.165) is 6.04 Å². The maximum Gasteiger partial charge on any atom is 0.252 e. The monoisotopic (exact) mass is 227 g/mol. The minimum atomic E-state index is -1.03. The molecule has 0 bridgehead atoms. The Labute approximate surface area is 93.2 Å². The van der Waals surface area contributed by atoms with Crippen LogP contribution in [0.3, 0.4) is 0 Å².